The van der Waals surface area contributed by atoms with Crippen LogP contribution in [0.15, 0.2) is 0 Å². The molecule has 10 nitrogen and oxygen atoms in total. The van der Waals surface area contributed by atoms with Crippen LogP contribution in [0.2, 0.25) is 0 Å². The van der Waals surface area contributed by atoms with Gasteiger partial charge in [0.25, 0.3) is 0 Å². The van der Waals surface area contributed by atoms with Crippen LogP contribution in [0.4, 0.5) is 0 Å². The van der Waals surface area contributed by atoms with Crippen LogP contribution in [0.5, 0.6) is 0 Å². The third-order valence-electron chi connectivity index (χ3n) is 0. The van der Waals surface area contributed by atoms with Gasteiger partial charge in [0.1, 0.15) is 0 Å². The zero-order chi connectivity index (χ0) is 9.00. The van der Waals surface area contributed by atoms with E-state index in [0.29, 0.717) is 0 Å². The molecule has 0 aliphatic rings. The van der Waals surface area contributed by atoms with E-state index in [1.165, 1.54) is 0 Å². The number of hydrogen-bond acceptors (Lipinski definition) is 10. The van der Waals surface area contributed by atoms with E-state index in [2.05, 4.69) is 0 Å². The van der Waals surface area contributed by atoms with Crippen molar-refractivity contribution < 1.29 is 66.5 Å². The van der Waals surface area contributed by atoms with Gasteiger partial charge in [0.15, 0.2) is 0 Å². The third-order valence-corrected chi connectivity index (χ3v) is 0. The van der Waals surface area contributed by atoms with Gasteiger partial charge in [-0.25, -0.2) is 0 Å². The molecular formula is H2AlFeMgO10P2. The average Bonchev–Trinajstić information content (AvgIpc) is 1.12. The first-order valence-electron chi connectivity index (χ1n) is 1.46. The van der Waals surface area contributed by atoms with Crippen LogP contribution in [0, 0.1) is 0 Å². The van der Waals surface area contributed by atoms with E-state index < -0.39 is 15.6 Å². The van der Waals surface area contributed by atoms with Gasteiger partial charge in [0.2, 0.25) is 0 Å². The molecule has 0 aliphatic heterocycles. The Labute approximate surface area is 122 Å². The maximum atomic E-state index is 8.55. The van der Waals surface area contributed by atoms with Crippen molar-refractivity contribution in [3.63, 3.8) is 0 Å². The summed E-state index contributed by atoms with van der Waals surface area (Å²) in [5, 5.41) is 0. The molecule has 0 aromatic heterocycles. The standard InChI is InChI=1S/Al.Fe.Mg.2H3O4P.2H2O/c;;;2*1-5(2,3)4;;/h;;;2*(H3,1,2,3,4);2*1H2/q2*+3;+2;;;;/p-8. The fraction of sp³-hybridized carbons (Fsp3) is 0. The van der Waals surface area contributed by atoms with Crippen molar-refractivity contribution >= 4 is 56.1 Å². The molecule has 0 aromatic carbocycles. The fourth-order valence-corrected chi connectivity index (χ4v) is 0. The second-order valence-corrected chi connectivity index (χ2v) is 2.68. The molecule has 15 heavy (non-hydrogen) atoms. The van der Waals surface area contributed by atoms with Gasteiger partial charge < -0.3 is 49.4 Å². The quantitative estimate of drug-likeness (QED) is 0.300. The molecule has 0 aromatic rings. The number of hydrogen-bond donors (Lipinski definition) is 0. The molecule has 0 spiro atoms. The molecule has 0 bridgehead atoms. The molecular weight excluding hydrogens is 329 g/mol. The van der Waals surface area contributed by atoms with E-state index >= 15 is 0 Å². The van der Waals surface area contributed by atoms with Gasteiger partial charge >= 0.3 is 57.5 Å². The van der Waals surface area contributed by atoms with Crippen LogP contribution in [-0.2, 0) is 26.2 Å². The van der Waals surface area contributed by atoms with Crippen LogP contribution in [0.25, 0.3) is 0 Å². The smallest absolute Gasteiger partial charge is 0.870 e. The molecule has 0 fully saturated rings. The topological polar surface area (TPSA) is 232 Å². The summed E-state index contributed by atoms with van der Waals surface area (Å²) in [5.41, 5.74) is 0. The second-order valence-electron chi connectivity index (χ2n) is 0.894. The first-order valence-corrected chi connectivity index (χ1v) is 4.38. The summed E-state index contributed by atoms with van der Waals surface area (Å²) in [7, 11) is -10.8. The van der Waals surface area contributed by atoms with Gasteiger partial charge in [0.05, 0.1) is 0 Å². The predicted octanol–water partition coefficient (Wildman–Crippen LogP) is -6.77. The van der Waals surface area contributed by atoms with E-state index in [1.807, 2.05) is 0 Å². The van der Waals surface area contributed by atoms with E-state index in [1.54, 1.807) is 0 Å². The van der Waals surface area contributed by atoms with Crippen LogP contribution in [-0.4, -0.2) is 51.4 Å². The first kappa shape index (κ1) is 43.5. The van der Waals surface area contributed by atoms with E-state index in [-0.39, 0.29) is 68.4 Å². The minimum Gasteiger partial charge on any atom is -0.870 e. The van der Waals surface area contributed by atoms with Crippen LogP contribution in [0.3, 0.4) is 0 Å². The Morgan fingerprint density at radius 3 is 0.667 bits per heavy atom. The Morgan fingerprint density at radius 2 is 0.667 bits per heavy atom. The number of rotatable bonds is 0. The van der Waals surface area contributed by atoms with Gasteiger partial charge in [0, 0.05) is 0 Å². The second kappa shape index (κ2) is 18.3. The number of phosphoric acid groups is 2. The molecule has 0 heterocycles. The normalized spacial score (nSPS) is 7.87. The third kappa shape index (κ3) is 811. The Balaban J connectivity index is -0.0000000128. The molecule has 0 amide bonds. The molecule has 85 valence electrons. The van der Waals surface area contributed by atoms with Crippen molar-refractivity contribution in [2.75, 3.05) is 0 Å². The van der Waals surface area contributed by atoms with Crippen molar-refractivity contribution in [2.24, 2.45) is 0 Å². The summed E-state index contributed by atoms with van der Waals surface area (Å²) in [6, 6.07) is 0. The SMILES string of the molecule is O=P([O-])([O-])[O-].O=P([O-])([O-])[O-].[Al+3].[Fe+3].[Mg+2].[OH-].[OH-]. The van der Waals surface area contributed by atoms with Gasteiger partial charge in [-0.1, -0.05) is 0 Å². The van der Waals surface area contributed by atoms with Crippen molar-refractivity contribution in [1.29, 1.82) is 0 Å². The zero-order valence-electron chi connectivity index (χ0n) is 6.69. The minimum absolute atomic E-state index is 0. The summed E-state index contributed by atoms with van der Waals surface area (Å²) in [6.45, 7) is 0. The average molecular weight is 331 g/mol. The van der Waals surface area contributed by atoms with Gasteiger partial charge in [-0.15, -0.1) is 0 Å². The van der Waals surface area contributed by atoms with E-state index in [0.717, 1.165) is 0 Å². The Morgan fingerprint density at radius 1 is 0.667 bits per heavy atom. The summed E-state index contributed by atoms with van der Waals surface area (Å²) in [4.78, 5) is 51.3. The van der Waals surface area contributed by atoms with Gasteiger partial charge in [-0.3, -0.25) is 0 Å². The zero-order valence-corrected chi connectivity index (χ0v) is 12.2. The Bertz CT molecular complexity index is 136. The van der Waals surface area contributed by atoms with Gasteiger partial charge in [-0.05, 0) is 0 Å². The molecule has 2 N–H and O–H groups in total. The van der Waals surface area contributed by atoms with Gasteiger partial charge in [-0.2, -0.15) is 15.6 Å². The molecule has 0 aliphatic carbocycles. The molecule has 1 radical (unpaired) electrons. The first-order chi connectivity index (χ1) is 4.00. The molecule has 0 unspecified atom stereocenters. The fourth-order valence-electron chi connectivity index (χ4n) is 0. The summed E-state index contributed by atoms with van der Waals surface area (Å²) >= 11 is 0. The van der Waals surface area contributed by atoms with Crippen molar-refractivity contribution in [1.82, 2.24) is 0 Å². The molecule has 0 atom stereocenters. The van der Waals surface area contributed by atoms with Crippen LogP contribution in [0.1, 0.15) is 0 Å². The van der Waals surface area contributed by atoms with E-state index in [9.17, 15) is 0 Å². The minimum atomic E-state index is -5.39. The van der Waals surface area contributed by atoms with Crippen molar-refractivity contribution in [2.45, 2.75) is 0 Å². The van der Waals surface area contributed by atoms with Crippen LogP contribution < -0.4 is 29.4 Å². The summed E-state index contributed by atoms with van der Waals surface area (Å²) in [5.74, 6) is 0. The van der Waals surface area contributed by atoms with Crippen molar-refractivity contribution in [3.05, 3.63) is 0 Å². The predicted molar refractivity (Wildman–Crippen MR) is 30.6 cm³/mol. The Kier molecular flexibility index (Phi) is 53.2. The molecule has 0 saturated heterocycles. The van der Waals surface area contributed by atoms with E-state index in [4.69, 9.17) is 38.5 Å². The molecule has 0 saturated carbocycles. The molecule has 15 heteroatoms. The van der Waals surface area contributed by atoms with Crippen molar-refractivity contribution in [3.8, 4) is 0 Å². The largest absolute Gasteiger partial charge is 3.00 e. The Hall–Kier alpha value is 1.96. The summed E-state index contributed by atoms with van der Waals surface area (Å²) < 4.78 is 17.1. The monoisotopic (exact) mass is 331 g/mol. The maximum absolute atomic E-state index is 8.55. The maximum Gasteiger partial charge on any atom is 3.00 e. The summed E-state index contributed by atoms with van der Waals surface area (Å²) in [6.07, 6.45) is 0. The molecule has 0 rings (SSSR count). The van der Waals surface area contributed by atoms with Crippen LogP contribution >= 0.6 is 15.6 Å².